The standard InChI is InChI=1S/C22H23ClN4O2/c1-27(2)19(14-5-8-20(28-3)21(9-14)29-4)13-25-22-10-15(12-24)17-11-16(23)6-7-18(17)26-22/h5-11,19H,13H2,1-4H3,(H,25,26). The number of nitrogens with zero attached hydrogens (tertiary/aromatic N) is 3. The van der Waals surface area contributed by atoms with Gasteiger partial charge in [0.25, 0.3) is 0 Å². The van der Waals surface area contributed by atoms with Gasteiger partial charge in [0.2, 0.25) is 0 Å². The van der Waals surface area contributed by atoms with E-state index in [0.717, 1.165) is 16.5 Å². The zero-order valence-corrected chi connectivity index (χ0v) is 17.6. The van der Waals surface area contributed by atoms with Crippen molar-refractivity contribution in [3.63, 3.8) is 0 Å². The SMILES string of the molecule is COc1ccc(C(CNc2cc(C#N)c3cc(Cl)ccc3n2)N(C)C)cc1OC. The molecule has 0 amide bonds. The molecule has 1 unspecified atom stereocenters. The average molecular weight is 411 g/mol. The van der Waals surface area contributed by atoms with Gasteiger partial charge in [-0.3, -0.25) is 0 Å². The molecule has 6 nitrogen and oxygen atoms in total. The number of anilines is 1. The van der Waals surface area contributed by atoms with Crippen LogP contribution in [0.1, 0.15) is 17.2 Å². The van der Waals surface area contributed by atoms with Gasteiger partial charge in [-0.25, -0.2) is 4.98 Å². The third-order valence-electron chi connectivity index (χ3n) is 4.78. The summed E-state index contributed by atoms with van der Waals surface area (Å²) in [7, 11) is 7.27. The van der Waals surface area contributed by atoms with Crippen LogP contribution < -0.4 is 14.8 Å². The predicted molar refractivity (Wildman–Crippen MR) is 116 cm³/mol. The van der Waals surface area contributed by atoms with Gasteiger partial charge in [0, 0.05) is 17.0 Å². The molecular formula is C22H23ClN4O2. The lowest BCUT2D eigenvalue weighted by Crippen LogP contribution is -2.27. The number of likely N-dealkylation sites (N-methyl/N-ethyl adjacent to an activating group) is 1. The number of fused-ring (bicyclic) bond motifs is 1. The molecule has 0 fully saturated rings. The summed E-state index contributed by atoms with van der Waals surface area (Å²) >= 11 is 6.06. The Bertz CT molecular complexity index is 1060. The largest absolute Gasteiger partial charge is 0.493 e. The van der Waals surface area contributed by atoms with E-state index in [-0.39, 0.29) is 6.04 Å². The summed E-state index contributed by atoms with van der Waals surface area (Å²) in [6.07, 6.45) is 0. The van der Waals surface area contributed by atoms with Crippen LogP contribution >= 0.6 is 11.6 Å². The minimum atomic E-state index is 0.0584. The summed E-state index contributed by atoms with van der Waals surface area (Å²) in [4.78, 5) is 6.74. The zero-order valence-electron chi connectivity index (χ0n) is 16.9. The van der Waals surface area contributed by atoms with Crippen LogP contribution in [-0.2, 0) is 0 Å². The van der Waals surface area contributed by atoms with Crippen molar-refractivity contribution < 1.29 is 9.47 Å². The van der Waals surface area contributed by atoms with E-state index in [1.165, 1.54) is 0 Å². The number of nitriles is 1. The van der Waals surface area contributed by atoms with E-state index in [2.05, 4.69) is 21.3 Å². The van der Waals surface area contributed by atoms with Crippen molar-refractivity contribution in [2.75, 3.05) is 40.2 Å². The van der Waals surface area contributed by atoms with Crippen LogP contribution in [0.15, 0.2) is 42.5 Å². The van der Waals surface area contributed by atoms with Crippen LogP contribution in [0.2, 0.25) is 5.02 Å². The molecule has 3 aromatic rings. The highest BCUT2D eigenvalue weighted by atomic mass is 35.5. The van der Waals surface area contributed by atoms with Crippen LogP contribution in [-0.4, -0.2) is 44.7 Å². The Morgan fingerprint density at radius 2 is 1.86 bits per heavy atom. The molecule has 0 bridgehead atoms. The van der Waals surface area contributed by atoms with Crippen LogP contribution in [0.3, 0.4) is 0 Å². The molecular weight excluding hydrogens is 388 g/mol. The summed E-state index contributed by atoms with van der Waals surface area (Å²) in [5.74, 6) is 2.02. The Hall–Kier alpha value is -3.01. The van der Waals surface area contributed by atoms with E-state index < -0.39 is 0 Å². The zero-order chi connectivity index (χ0) is 21.0. The van der Waals surface area contributed by atoms with Gasteiger partial charge in [-0.2, -0.15) is 5.26 Å². The lowest BCUT2D eigenvalue weighted by molar-refractivity contribution is 0.308. The maximum atomic E-state index is 9.52. The van der Waals surface area contributed by atoms with E-state index in [1.807, 2.05) is 38.4 Å². The molecule has 0 saturated heterocycles. The highest BCUT2D eigenvalue weighted by Crippen LogP contribution is 2.31. The molecule has 0 aliphatic heterocycles. The van der Waals surface area contributed by atoms with Gasteiger partial charge in [0.15, 0.2) is 11.5 Å². The third kappa shape index (κ3) is 4.53. The Balaban J connectivity index is 1.88. The highest BCUT2D eigenvalue weighted by molar-refractivity contribution is 6.31. The topological polar surface area (TPSA) is 70.4 Å². The van der Waals surface area contributed by atoms with Crippen molar-refractivity contribution in [2.45, 2.75) is 6.04 Å². The molecule has 3 rings (SSSR count). The molecule has 2 aromatic carbocycles. The Labute approximate surface area is 175 Å². The molecule has 1 heterocycles. The smallest absolute Gasteiger partial charge is 0.161 e. The normalized spacial score (nSPS) is 11.9. The maximum Gasteiger partial charge on any atom is 0.161 e. The fraction of sp³-hybridized carbons (Fsp3) is 0.273. The molecule has 1 aromatic heterocycles. The first-order chi connectivity index (χ1) is 14.0. The van der Waals surface area contributed by atoms with E-state index in [9.17, 15) is 5.26 Å². The lowest BCUT2D eigenvalue weighted by atomic mass is 10.0. The number of hydrogen-bond acceptors (Lipinski definition) is 6. The number of ether oxygens (including phenoxy) is 2. The quantitative estimate of drug-likeness (QED) is 0.618. The first-order valence-corrected chi connectivity index (χ1v) is 9.47. The summed E-state index contributed by atoms with van der Waals surface area (Å²) in [5.41, 5.74) is 2.34. The number of aromatic nitrogens is 1. The molecule has 29 heavy (non-hydrogen) atoms. The molecule has 0 aliphatic rings. The van der Waals surface area contributed by atoms with E-state index in [4.69, 9.17) is 21.1 Å². The second-order valence-corrected chi connectivity index (χ2v) is 7.24. The summed E-state index contributed by atoms with van der Waals surface area (Å²) in [6, 6.07) is 15.3. The fourth-order valence-electron chi connectivity index (χ4n) is 3.24. The first kappa shape index (κ1) is 20.7. The van der Waals surface area contributed by atoms with E-state index >= 15 is 0 Å². The van der Waals surface area contributed by atoms with Gasteiger partial charge in [0.05, 0.1) is 37.4 Å². The van der Waals surface area contributed by atoms with Crippen molar-refractivity contribution in [1.29, 1.82) is 5.26 Å². The Morgan fingerprint density at radius 1 is 1.10 bits per heavy atom. The molecule has 0 aliphatic carbocycles. The molecule has 1 N–H and O–H groups in total. The molecule has 0 radical (unpaired) electrons. The van der Waals surface area contributed by atoms with Gasteiger partial charge in [-0.05, 0) is 56.1 Å². The van der Waals surface area contributed by atoms with Crippen molar-refractivity contribution in [3.05, 3.63) is 58.6 Å². The number of halogens is 1. The molecule has 1 atom stereocenters. The van der Waals surface area contributed by atoms with Gasteiger partial charge in [-0.1, -0.05) is 17.7 Å². The lowest BCUT2D eigenvalue weighted by Gasteiger charge is -2.26. The average Bonchev–Trinajstić information content (AvgIpc) is 2.73. The number of hydrogen-bond donors (Lipinski definition) is 1. The number of rotatable bonds is 7. The van der Waals surface area contributed by atoms with Crippen molar-refractivity contribution in [1.82, 2.24) is 9.88 Å². The molecule has 0 spiro atoms. The van der Waals surface area contributed by atoms with E-state index in [1.54, 1.807) is 32.4 Å². The van der Waals surface area contributed by atoms with Crippen molar-refractivity contribution in [2.24, 2.45) is 0 Å². The molecule has 0 saturated carbocycles. The summed E-state index contributed by atoms with van der Waals surface area (Å²) < 4.78 is 10.8. The molecule has 7 heteroatoms. The second kappa shape index (κ2) is 8.99. The number of benzene rings is 2. The Kier molecular flexibility index (Phi) is 6.42. The fourth-order valence-corrected chi connectivity index (χ4v) is 3.41. The van der Waals surface area contributed by atoms with Gasteiger partial charge >= 0.3 is 0 Å². The van der Waals surface area contributed by atoms with Crippen LogP contribution in [0, 0.1) is 11.3 Å². The summed E-state index contributed by atoms with van der Waals surface area (Å²) in [6.45, 7) is 0.597. The van der Waals surface area contributed by atoms with E-state index in [0.29, 0.717) is 34.4 Å². The summed E-state index contributed by atoms with van der Waals surface area (Å²) in [5, 5.41) is 14.2. The van der Waals surface area contributed by atoms with Crippen molar-refractivity contribution >= 4 is 28.3 Å². The van der Waals surface area contributed by atoms with Crippen LogP contribution in [0.25, 0.3) is 10.9 Å². The minimum Gasteiger partial charge on any atom is -0.493 e. The number of pyridine rings is 1. The van der Waals surface area contributed by atoms with Gasteiger partial charge in [0.1, 0.15) is 5.82 Å². The highest BCUT2D eigenvalue weighted by Gasteiger charge is 2.17. The Morgan fingerprint density at radius 3 is 2.52 bits per heavy atom. The number of methoxy groups -OCH3 is 2. The molecule has 150 valence electrons. The second-order valence-electron chi connectivity index (χ2n) is 6.80. The number of nitrogens with one attached hydrogen (secondary N) is 1. The first-order valence-electron chi connectivity index (χ1n) is 9.09. The minimum absolute atomic E-state index is 0.0584. The monoisotopic (exact) mass is 410 g/mol. The van der Waals surface area contributed by atoms with Crippen LogP contribution in [0.5, 0.6) is 11.5 Å². The van der Waals surface area contributed by atoms with Gasteiger partial charge < -0.3 is 19.7 Å². The predicted octanol–water partition coefficient (Wildman–Crippen LogP) is 4.49. The van der Waals surface area contributed by atoms with Crippen molar-refractivity contribution in [3.8, 4) is 17.6 Å². The van der Waals surface area contributed by atoms with Gasteiger partial charge in [-0.15, -0.1) is 0 Å². The maximum absolute atomic E-state index is 9.52. The van der Waals surface area contributed by atoms with Crippen LogP contribution in [0.4, 0.5) is 5.82 Å². The third-order valence-corrected chi connectivity index (χ3v) is 5.02.